The molecule has 7 heteroatoms. The summed E-state index contributed by atoms with van der Waals surface area (Å²) in [6.07, 6.45) is 0.896. The van der Waals surface area contributed by atoms with Crippen molar-refractivity contribution in [1.29, 1.82) is 0 Å². The van der Waals surface area contributed by atoms with E-state index < -0.39 is 0 Å². The minimum absolute atomic E-state index is 0.235. The predicted molar refractivity (Wildman–Crippen MR) is 90.4 cm³/mol. The lowest BCUT2D eigenvalue weighted by Gasteiger charge is -2.17. The van der Waals surface area contributed by atoms with E-state index in [1.165, 1.54) is 11.3 Å². The molecule has 2 rings (SSSR count). The molecule has 0 saturated carbocycles. The highest BCUT2D eigenvalue weighted by Gasteiger charge is 2.14. The lowest BCUT2D eigenvalue weighted by atomic mass is 10.1. The fourth-order valence-corrected chi connectivity index (χ4v) is 2.57. The molecule has 126 valence electrons. The first kappa shape index (κ1) is 17.1. The summed E-state index contributed by atoms with van der Waals surface area (Å²) in [6, 6.07) is 2.14. The van der Waals surface area contributed by atoms with E-state index in [2.05, 4.69) is 39.7 Å². The van der Waals surface area contributed by atoms with Crippen molar-refractivity contribution in [3.05, 3.63) is 34.5 Å². The minimum Gasteiger partial charge on any atom is -0.359 e. The molecule has 23 heavy (non-hydrogen) atoms. The molecule has 0 saturated heterocycles. The van der Waals surface area contributed by atoms with Gasteiger partial charge in [0.15, 0.2) is 11.7 Å². The Morgan fingerprint density at radius 3 is 2.65 bits per heavy atom. The molecule has 0 spiro atoms. The highest BCUT2D eigenvalue weighted by atomic mass is 16.5. The number of aryl methyl sites for hydroxylation is 3. The Labute approximate surface area is 137 Å². The van der Waals surface area contributed by atoms with Gasteiger partial charge in [-0.2, -0.15) is 5.10 Å². The molecule has 0 aliphatic heterocycles. The van der Waals surface area contributed by atoms with E-state index in [4.69, 9.17) is 4.52 Å². The van der Waals surface area contributed by atoms with Gasteiger partial charge in [0.25, 0.3) is 0 Å². The Kier molecular flexibility index (Phi) is 5.41. The van der Waals surface area contributed by atoms with Gasteiger partial charge in [0.05, 0.1) is 17.9 Å². The third kappa shape index (κ3) is 4.34. The van der Waals surface area contributed by atoms with Gasteiger partial charge < -0.3 is 15.2 Å². The smallest absolute Gasteiger partial charge is 0.191 e. The van der Waals surface area contributed by atoms with Crippen LogP contribution in [0.5, 0.6) is 0 Å². The summed E-state index contributed by atoms with van der Waals surface area (Å²) in [6.45, 7) is 8.74. The number of nitrogens with one attached hydrogen (secondary N) is 2. The minimum atomic E-state index is 0.235. The van der Waals surface area contributed by atoms with E-state index in [0.717, 1.165) is 29.5 Å². The third-order valence-corrected chi connectivity index (χ3v) is 3.88. The largest absolute Gasteiger partial charge is 0.359 e. The van der Waals surface area contributed by atoms with Gasteiger partial charge in [0, 0.05) is 31.9 Å². The second-order valence-corrected chi connectivity index (χ2v) is 5.88. The van der Waals surface area contributed by atoms with Crippen LogP contribution in [-0.4, -0.2) is 34.0 Å². The molecule has 0 radical (unpaired) electrons. The first-order chi connectivity index (χ1) is 10.9. The monoisotopic (exact) mass is 318 g/mol. The zero-order valence-corrected chi connectivity index (χ0v) is 14.8. The van der Waals surface area contributed by atoms with Crippen molar-refractivity contribution < 1.29 is 4.52 Å². The lowest BCUT2D eigenvalue weighted by molar-refractivity contribution is 0.376. The van der Waals surface area contributed by atoms with Crippen molar-refractivity contribution in [2.75, 3.05) is 7.05 Å². The molecule has 0 aromatic carbocycles. The first-order valence-electron chi connectivity index (χ1n) is 7.79. The van der Waals surface area contributed by atoms with Crippen molar-refractivity contribution in [2.24, 2.45) is 12.0 Å². The molecule has 2 aromatic heterocycles. The number of hydrogen-bond donors (Lipinski definition) is 2. The Balaban J connectivity index is 1.90. The molecule has 1 atom stereocenters. The summed E-state index contributed by atoms with van der Waals surface area (Å²) in [7, 11) is 3.73. The van der Waals surface area contributed by atoms with E-state index in [1.807, 2.05) is 31.6 Å². The molecule has 2 N–H and O–H groups in total. The Morgan fingerprint density at radius 2 is 2.13 bits per heavy atom. The third-order valence-electron chi connectivity index (χ3n) is 3.88. The number of guanidine groups is 1. The van der Waals surface area contributed by atoms with Gasteiger partial charge in [0.2, 0.25) is 0 Å². The summed E-state index contributed by atoms with van der Waals surface area (Å²) in [5.41, 5.74) is 4.45. The maximum atomic E-state index is 5.19. The fraction of sp³-hybridized carbons (Fsp3) is 0.562. The van der Waals surface area contributed by atoms with Crippen LogP contribution in [0.4, 0.5) is 0 Å². The molecule has 0 aliphatic carbocycles. The van der Waals surface area contributed by atoms with Crippen LogP contribution in [0.15, 0.2) is 15.6 Å². The maximum absolute atomic E-state index is 5.19. The average Bonchev–Trinajstić information content (AvgIpc) is 3.02. The molecule has 0 amide bonds. The summed E-state index contributed by atoms with van der Waals surface area (Å²) < 4.78 is 7.12. The van der Waals surface area contributed by atoms with Gasteiger partial charge in [-0.3, -0.25) is 9.67 Å². The summed E-state index contributed by atoms with van der Waals surface area (Å²) in [4.78, 5) is 4.25. The Hall–Kier alpha value is -2.31. The zero-order valence-electron chi connectivity index (χ0n) is 14.8. The van der Waals surface area contributed by atoms with Crippen molar-refractivity contribution in [3.63, 3.8) is 0 Å². The Morgan fingerprint density at radius 1 is 1.39 bits per heavy atom. The average molecular weight is 318 g/mol. The van der Waals surface area contributed by atoms with Gasteiger partial charge >= 0.3 is 0 Å². The Bertz CT molecular complexity index is 685. The second-order valence-electron chi connectivity index (χ2n) is 5.88. The molecule has 7 nitrogen and oxygen atoms in total. The van der Waals surface area contributed by atoms with Crippen LogP contribution in [0.2, 0.25) is 0 Å². The summed E-state index contributed by atoms with van der Waals surface area (Å²) in [5, 5.41) is 15.0. The second kappa shape index (κ2) is 7.30. The normalized spacial score (nSPS) is 13.2. The SMILES string of the molecule is CN=C(NCc1cc(C)no1)NC(C)Cc1c(C)nn(C)c1C. The van der Waals surface area contributed by atoms with Crippen molar-refractivity contribution in [2.45, 2.75) is 46.7 Å². The van der Waals surface area contributed by atoms with Crippen LogP contribution < -0.4 is 10.6 Å². The standard InChI is InChI=1S/C16H26N6O/c1-10(8-15-12(3)20-22(6)13(15)4)19-16(17-5)18-9-14-7-11(2)21-23-14/h7,10H,8-9H2,1-6H3,(H2,17,18,19). The summed E-state index contributed by atoms with van der Waals surface area (Å²) in [5.74, 6) is 1.53. The van der Waals surface area contributed by atoms with Crippen LogP contribution in [0.25, 0.3) is 0 Å². The number of aliphatic imine (C=N–C) groups is 1. The highest BCUT2D eigenvalue weighted by Crippen LogP contribution is 2.14. The van der Waals surface area contributed by atoms with Crippen LogP contribution in [0.1, 0.15) is 35.3 Å². The topological polar surface area (TPSA) is 80.3 Å². The molecule has 2 aromatic rings. The van der Waals surface area contributed by atoms with E-state index in [-0.39, 0.29) is 6.04 Å². The highest BCUT2D eigenvalue weighted by molar-refractivity contribution is 5.79. The molecule has 0 aliphatic rings. The van der Waals surface area contributed by atoms with Gasteiger partial charge in [-0.05, 0) is 39.7 Å². The van der Waals surface area contributed by atoms with Crippen LogP contribution in [0, 0.1) is 20.8 Å². The predicted octanol–water partition coefficient (Wildman–Crippen LogP) is 1.63. The number of aromatic nitrogens is 3. The van der Waals surface area contributed by atoms with Crippen LogP contribution in [0.3, 0.4) is 0 Å². The molecule has 0 fully saturated rings. The van der Waals surface area contributed by atoms with Gasteiger partial charge in [-0.25, -0.2) is 0 Å². The fourth-order valence-electron chi connectivity index (χ4n) is 2.57. The van der Waals surface area contributed by atoms with E-state index in [1.54, 1.807) is 7.05 Å². The van der Waals surface area contributed by atoms with Gasteiger partial charge in [0.1, 0.15) is 0 Å². The molecular formula is C16H26N6O. The number of hydrogen-bond acceptors (Lipinski definition) is 4. The van der Waals surface area contributed by atoms with Gasteiger partial charge in [-0.15, -0.1) is 0 Å². The number of rotatable bonds is 5. The van der Waals surface area contributed by atoms with Crippen molar-refractivity contribution in [3.8, 4) is 0 Å². The van der Waals surface area contributed by atoms with E-state index in [0.29, 0.717) is 6.54 Å². The quantitative estimate of drug-likeness (QED) is 0.647. The number of nitrogens with zero attached hydrogens (tertiary/aromatic N) is 4. The lowest BCUT2D eigenvalue weighted by Crippen LogP contribution is -2.42. The van der Waals surface area contributed by atoms with Gasteiger partial charge in [-0.1, -0.05) is 5.16 Å². The van der Waals surface area contributed by atoms with Crippen LogP contribution >= 0.6 is 0 Å². The van der Waals surface area contributed by atoms with E-state index >= 15 is 0 Å². The van der Waals surface area contributed by atoms with Crippen LogP contribution in [-0.2, 0) is 20.0 Å². The molecular weight excluding hydrogens is 292 g/mol. The first-order valence-corrected chi connectivity index (χ1v) is 7.79. The van der Waals surface area contributed by atoms with Crippen molar-refractivity contribution >= 4 is 5.96 Å². The maximum Gasteiger partial charge on any atom is 0.191 e. The zero-order chi connectivity index (χ0) is 17.0. The molecule has 2 heterocycles. The molecule has 1 unspecified atom stereocenters. The van der Waals surface area contributed by atoms with E-state index in [9.17, 15) is 0 Å². The summed E-state index contributed by atoms with van der Waals surface area (Å²) >= 11 is 0. The molecule has 0 bridgehead atoms. The van der Waals surface area contributed by atoms with Crippen molar-refractivity contribution in [1.82, 2.24) is 25.6 Å².